The Bertz CT molecular complexity index is 326. The number of nitrogens with one attached hydrogen (secondary N) is 2. The maximum absolute atomic E-state index is 5.16. The SMILES string of the molecule is COc1nccnc1CNC1CCNCC1. The van der Waals surface area contributed by atoms with Crippen molar-refractivity contribution in [1.82, 2.24) is 20.6 Å². The fraction of sp³-hybridized carbons (Fsp3) is 0.636. The van der Waals surface area contributed by atoms with Crippen molar-refractivity contribution in [2.45, 2.75) is 25.4 Å². The highest BCUT2D eigenvalue weighted by atomic mass is 16.5. The van der Waals surface area contributed by atoms with Crippen molar-refractivity contribution in [3.8, 4) is 5.88 Å². The lowest BCUT2D eigenvalue weighted by molar-refractivity contribution is 0.366. The summed E-state index contributed by atoms with van der Waals surface area (Å²) in [5.41, 5.74) is 0.878. The van der Waals surface area contributed by atoms with Crippen LogP contribution >= 0.6 is 0 Å². The molecular formula is C11H18N4O. The van der Waals surface area contributed by atoms with Crippen LogP contribution in [0.5, 0.6) is 5.88 Å². The third-order valence-electron chi connectivity index (χ3n) is 2.83. The first-order chi connectivity index (χ1) is 7.90. The zero-order valence-electron chi connectivity index (χ0n) is 9.57. The normalized spacial score (nSPS) is 17.3. The number of rotatable bonds is 4. The maximum atomic E-state index is 5.16. The fourth-order valence-corrected chi connectivity index (χ4v) is 1.91. The number of nitrogens with zero attached hydrogens (tertiary/aromatic N) is 2. The third-order valence-corrected chi connectivity index (χ3v) is 2.83. The van der Waals surface area contributed by atoms with Gasteiger partial charge in [-0.3, -0.25) is 4.98 Å². The lowest BCUT2D eigenvalue weighted by atomic mass is 10.1. The molecule has 0 aromatic carbocycles. The first-order valence-electron chi connectivity index (χ1n) is 5.68. The molecule has 88 valence electrons. The van der Waals surface area contributed by atoms with E-state index in [-0.39, 0.29) is 0 Å². The molecule has 1 aliphatic heterocycles. The van der Waals surface area contributed by atoms with Gasteiger partial charge in [0.05, 0.1) is 7.11 Å². The topological polar surface area (TPSA) is 59.1 Å². The molecule has 1 aromatic rings. The van der Waals surface area contributed by atoms with E-state index in [4.69, 9.17) is 4.74 Å². The Labute approximate surface area is 95.6 Å². The number of ether oxygens (including phenoxy) is 1. The van der Waals surface area contributed by atoms with Gasteiger partial charge in [0.15, 0.2) is 0 Å². The van der Waals surface area contributed by atoms with E-state index < -0.39 is 0 Å². The van der Waals surface area contributed by atoms with Crippen molar-refractivity contribution in [2.75, 3.05) is 20.2 Å². The minimum atomic E-state index is 0.577. The van der Waals surface area contributed by atoms with Gasteiger partial charge >= 0.3 is 0 Å². The zero-order chi connectivity index (χ0) is 11.2. The Kier molecular flexibility index (Phi) is 4.07. The highest BCUT2D eigenvalue weighted by Crippen LogP contribution is 2.11. The van der Waals surface area contributed by atoms with E-state index >= 15 is 0 Å². The summed E-state index contributed by atoms with van der Waals surface area (Å²) in [7, 11) is 1.62. The van der Waals surface area contributed by atoms with Gasteiger partial charge in [0.1, 0.15) is 5.69 Å². The second kappa shape index (κ2) is 5.77. The Hall–Kier alpha value is -1.20. The van der Waals surface area contributed by atoms with Crippen LogP contribution in [0, 0.1) is 0 Å². The fourth-order valence-electron chi connectivity index (χ4n) is 1.91. The Morgan fingerprint density at radius 1 is 1.38 bits per heavy atom. The predicted octanol–water partition coefficient (Wildman–Crippen LogP) is 0.327. The molecule has 1 aliphatic rings. The Balaban J connectivity index is 1.88. The molecule has 0 atom stereocenters. The number of hydrogen-bond donors (Lipinski definition) is 2. The molecule has 16 heavy (non-hydrogen) atoms. The lowest BCUT2D eigenvalue weighted by Crippen LogP contribution is -2.39. The smallest absolute Gasteiger partial charge is 0.236 e. The largest absolute Gasteiger partial charge is 0.480 e. The van der Waals surface area contributed by atoms with Crippen LogP contribution in [0.1, 0.15) is 18.5 Å². The molecule has 2 rings (SSSR count). The molecular weight excluding hydrogens is 204 g/mol. The molecule has 5 heteroatoms. The van der Waals surface area contributed by atoms with Gasteiger partial charge in [-0.05, 0) is 25.9 Å². The van der Waals surface area contributed by atoms with Gasteiger partial charge in [-0.2, -0.15) is 0 Å². The van der Waals surface area contributed by atoms with Crippen molar-refractivity contribution in [3.63, 3.8) is 0 Å². The second-order valence-electron chi connectivity index (χ2n) is 3.92. The molecule has 0 unspecified atom stereocenters. The highest BCUT2D eigenvalue weighted by Gasteiger charge is 2.13. The molecule has 0 spiro atoms. The minimum absolute atomic E-state index is 0.577. The standard InChI is InChI=1S/C11H18N4O/c1-16-11-10(13-6-7-14-11)8-15-9-2-4-12-5-3-9/h6-7,9,12,15H,2-5,8H2,1H3. The molecule has 2 heterocycles. The van der Waals surface area contributed by atoms with Crippen LogP contribution in [-0.4, -0.2) is 36.2 Å². The first kappa shape index (κ1) is 11.3. The quantitative estimate of drug-likeness (QED) is 0.768. The van der Waals surface area contributed by atoms with Crippen molar-refractivity contribution in [1.29, 1.82) is 0 Å². The highest BCUT2D eigenvalue weighted by molar-refractivity contribution is 5.16. The second-order valence-corrected chi connectivity index (χ2v) is 3.92. The third kappa shape index (κ3) is 2.90. The summed E-state index contributed by atoms with van der Waals surface area (Å²) >= 11 is 0. The van der Waals surface area contributed by atoms with Crippen molar-refractivity contribution in [2.24, 2.45) is 0 Å². The molecule has 0 radical (unpaired) electrons. The molecule has 2 N–H and O–H groups in total. The average molecular weight is 222 g/mol. The summed E-state index contributed by atoms with van der Waals surface area (Å²) in [6.45, 7) is 2.91. The molecule has 0 aliphatic carbocycles. The molecule has 0 bridgehead atoms. The van der Waals surface area contributed by atoms with E-state index in [0.717, 1.165) is 25.3 Å². The summed E-state index contributed by atoms with van der Waals surface area (Å²) in [6, 6.07) is 0.577. The summed E-state index contributed by atoms with van der Waals surface area (Å²) in [5, 5.41) is 6.83. The van der Waals surface area contributed by atoms with Crippen molar-refractivity contribution >= 4 is 0 Å². The molecule has 1 aromatic heterocycles. The van der Waals surface area contributed by atoms with Crippen molar-refractivity contribution < 1.29 is 4.74 Å². The lowest BCUT2D eigenvalue weighted by Gasteiger charge is -2.23. The molecule has 5 nitrogen and oxygen atoms in total. The minimum Gasteiger partial charge on any atom is -0.480 e. The van der Waals surface area contributed by atoms with Gasteiger partial charge in [0.25, 0.3) is 0 Å². The van der Waals surface area contributed by atoms with Crippen LogP contribution < -0.4 is 15.4 Å². The van der Waals surface area contributed by atoms with E-state index in [1.54, 1.807) is 19.5 Å². The van der Waals surface area contributed by atoms with Crippen molar-refractivity contribution in [3.05, 3.63) is 18.1 Å². The summed E-state index contributed by atoms with van der Waals surface area (Å²) in [6.07, 6.45) is 5.68. The molecule has 0 amide bonds. The van der Waals surface area contributed by atoms with E-state index in [2.05, 4.69) is 20.6 Å². The van der Waals surface area contributed by atoms with Gasteiger partial charge in [-0.15, -0.1) is 0 Å². The summed E-state index contributed by atoms with van der Waals surface area (Å²) in [4.78, 5) is 8.39. The van der Waals surface area contributed by atoms with E-state index in [1.165, 1.54) is 12.8 Å². The van der Waals surface area contributed by atoms with Gasteiger partial charge in [0, 0.05) is 25.0 Å². The van der Waals surface area contributed by atoms with Gasteiger partial charge in [-0.1, -0.05) is 0 Å². The van der Waals surface area contributed by atoms with Crippen LogP contribution in [0.4, 0.5) is 0 Å². The predicted molar refractivity (Wildman–Crippen MR) is 61.3 cm³/mol. The van der Waals surface area contributed by atoms with Gasteiger partial charge < -0.3 is 15.4 Å². The maximum Gasteiger partial charge on any atom is 0.236 e. The monoisotopic (exact) mass is 222 g/mol. The van der Waals surface area contributed by atoms with Crippen LogP contribution in [0.15, 0.2) is 12.4 Å². The zero-order valence-corrected chi connectivity index (χ0v) is 9.57. The average Bonchev–Trinajstić information content (AvgIpc) is 2.38. The summed E-state index contributed by atoms with van der Waals surface area (Å²) in [5.74, 6) is 0.615. The number of piperidine rings is 1. The van der Waals surface area contributed by atoms with Crippen LogP contribution in [0.25, 0.3) is 0 Å². The number of aromatic nitrogens is 2. The Morgan fingerprint density at radius 3 is 2.88 bits per heavy atom. The van der Waals surface area contributed by atoms with Gasteiger partial charge in [-0.25, -0.2) is 4.98 Å². The number of methoxy groups -OCH3 is 1. The first-order valence-corrected chi connectivity index (χ1v) is 5.68. The Morgan fingerprint density at radius 2 is 2.12 bits per heavy atom. The van der Waals surface area contributed by atoms with Crippen LogP contribution in [0.2, 0.25) is 0 Å². The van der Waals surface area contributed by atoms with E-state index in [9.17, 15) is 0 Å². The van der Waals surface area contributed by atoms with Crippen LogP contribution in [0.3, 0.4) is 0 Å². The van der Waals surface area contributed by atoms with E-state index in [1.807, 2.05) is 0 Å². The molecule has 1 fully saturated rings. The summed E-state index contributed by atoms with van der Waals surface area (Å²) < 4.78 is 5.16. The molecule has 0 saturated carbocycles. The van der Waals surface area contributed by atoms with E-state index in [0.29, 0.717) is 11.9 Å². The number of hydrogen-bond acceptors (Lipinski definition) is 5. The molecule has 1 saturated heterocycles. The van der Waals surface area contributed by atoms with Gasteiger partial charge in [0.2, 0.25) is 5.88 Å². The van der Waals surface area contributed by atoms with Crippen LogP contribution in [-0.2, 0) is 6.54 Å².